The highest BCUT2D eigenvalue weighted by atomic mass is 32.0. The van der Waals surface area contributed by atoms with Crippen molar-refractivity contribution < 1.29 is 0 Å². The van der Waals surface area contributed by atoms with Gasteiger partial charge in [-0.15, -0.1) is 0 Å². The van der Waals surface area contributed by atoms with Crippen LogP contribution < -0.4 is 0 Å². The summed E-state index contributed by atoms with van der Waals surface area (Å²) in [5.74, 6) is 1.42. The lowest BCUT2D eigenvalue weighted by Gasteiger charge is -2.22. The van der Waals surface area contributed by atoms with Crippen LogP contribution in [-0.2, 0) is 0 Å². The van der Waals surface area contributed by atoms with Gasteiger partial charge in [0, 0.05) is 5.92 Å². The van der Waals surface area contributed by atoms with Crippen LogP contribution in [0.3, 0.4) is 0 Å². The standard InChI is InChI=1S/C24H36P2/c1-19(2)16-18-26-25-17-10-9-15-24(22-13-7-5-11-20(22)3)23-14-8-6-12-21(23)4/h5-8,11-14,19,24-26H,9-10,15-18H2,1-4H3. The molecule has 0 radical (unpaired) electrons. The summed E-state index contributed by atoms with van der Waals surface area (Å²) in [5, 5.41) is 0. The normalized spacial score (nSPS) is 12.4. The molecule has 142 valence electrons. The van der Waals surface area contributed by atoms with E-state index >= 15 is 0 Å². The number of hydrogen-bond donors (Lipinski definition) is 0. The van der Waals surface area contributed by atoms with E-state index in [0.29, 0.717) is 5.92 Å². The van der Waals surface area contributed by atoms with Gasteiger partial charge < -0.3 is 0 Å². The number of hydrogen-bond acceptors (Lipinski definition) is 0. The lowest BCUT2D eigenvalue weighted by Crippen LogP contribution is -2.05. The fourth-order valence-electron chi connectivity index (χ4n) is 3.53. The van der Waals surface area contributed by atoms with Crippen LogP contribution in [0, 0.1) is 19.8 Å². The van der Waals surface area contributed by atoms with Gasteiger partial charge in [-0.1, -0.05) is 85.3 Å². The third-order valence-electron chi connectivity index (χ3n) is 5.14. The van der Waals surface area contributed by atoms with Gasteiger partial charge in [-0.25, -0.2) is 0 Å². The van der Waals surface area contributed by atoms with Crippen LogP contribution in [0.2, 0.25) is 0 Å². The third-order valence-corrected chi connectivity index (χ3v) is 8.79. The second-order valence-electron chi connectivity index (χ2n) is 7.80. The molecular formula is C24H36P2. The van der Waals surface area contributed by atoms with Crippen LogP contribution in [0.1, 0.15) is 67.7 Å². The summed E-state index contributed by atoms with van der Waals surface area (Å²) in [6.45, 7) is 9.20. The topological polar surface area (TPSA) is 0 Å². The molecular weight excluding hydrogens is 350 g/mol. The lowest BCUT2D eigenvalue weighted by atomic mass is 9.83. The maximum Gasteiger partial charge on any atom is 0.00945 e. The van der Waals surface area contributed by atoms with Crippen LogP contribution in [0.25, 0.3) is 0 Å². The molecule has 0 nitrogen and oxygen atoms in total. The molecule has 0 N–H and O–H groups in total. The summed E-state index contributed by atoms with van der Waals surface area (Å²) in [4.78, 5) is 0. The van der Waals surface area contributed by atoms with Gasteiger partial charge in [0.25, 0.3) is 0 Å². The highest BCUT2D eigenvalue weighted by molar-refractivity contribution is 8.11. The molecule has 0 aliphatic heterocycles. The van der Waals surface area contributed by atoms with Gasteiger partial charge in [-0.05, 0) is 73.6 Å². The highest BCUT2D eigenvalue weighted by Crippen LogP contribution is 2.39. The predicted molar refractivity (Wildman–Crippen MR) is 124 cm³/mol. The lowest BCUT2D eigenvalue weighted by molar-refractivity contribution is 0.631. The monoisotopic (exact) mass is 386 g/mol. The van der Waals surface area contributed by atoms with Crippen molar-refractivity contribution in [2.75, 3.05) is 12.3 Å². The Hall–Kier alpha value is -0.700. The van der Waals surface area contributed by atoms with E-state index in [0.717, 1.165) is 5.92 Å². The Morgan fingerprint density at radius 1 is 0.692 bits per heavy atom. The molecule has 2 aromatic carbocycles. The highest BCUT2D eigenvalue weighted by Gasteiger charge is 2.17. The zero-order valence-corrected chi connectivity index (χ0v) is 19.0. The van der Waals surface area contributed by atoms with E-state index in [9.17, 15) is 0 Å². The second-order valence-corrected chi connectivity index (χ2v) is 11.6. The molecule has 2 unspecified atom stereocenters. The van der Waals surface area contributed by atoms with E-state index in [1.54, 1.807) is 0 Å². The molecule has 2 heteroatoms. The van der Waals surface area contributed by atoms with Crippen LogP contribution in [0.4, 0.5) is 0 Å². The minimum atomic E-state index is 0.545. The van der Waals surface area contributed by atoms with E-state index in [4.69, 9.17) is 0 Å². The Morgan fingerprint density at radius 3 is 1.77 bits per heavy atom. The van der Waals surface area contributed by atoms with Crippen molar-refractivity contribution in [2.24, 2.45) is 5.92 Å². The zero-order valence-electron chi connectivity index (χ0n) is 17.0. The van der Waals surface area contributed by atoms with Crippen molar-refractivity contribution in [3.05, 3.63) is 70.8 Å². The third kappa shape index (κ3) is 7.13. The van der Waals surface area contributed by atoms with Crippen molar-refractivity contribution in [1.29, 1.82) is 0 Å². The molecule has 0 bridgehead atoms. The minimum absolute atomic E-state index is 0.545. The fourth-order valence-corrected chi connectivity index (χ4v) is 7.06. The molecule has 0 spiro atoms. The quantitative estimate of drug-likeness (QED) is 0.272. The molecule has 0 amide bonds. The molecule has 0 aliphatic carbocycles. The SMILES string of the molecule is Cc1ccccc1C(CCCCPPCCC(C)C)c1ccccc1C. The minimum Gasteiger partial charge on any atom is -0.0992 e. The number of aryl methyl sites for hydroxylation is 2. The number of benzene rings is 2. The first-order chi connectivity index (χ1) is 12.6. The molecule has 26 heavy (non-hydrogen) atoms. The van der Waals surface area contributed by atoms with Gasteiger partial charge >= 0.3 is 0 Å². The summed E-state index contributed by atoms with van der Waals surface area (Å²) in [7, 11) is 2.39. The molecule has 0 saturated carbocycles. The average Bonchev–Trinajstić information content (AvgIpc) is 2.62. The van der Waals surface area contributed by atoms with E-state index in [2.05, 4.69) is 76.2 Å². The van der Waals surface area contributed by atoms with Crippen LogP contribution in [-0.4, -0.2) is 12.3 Å². The van der Waals surface area contributed by atoms with Crippen LogP contribution in [0.15, 0.2) is 48.5 Å². The van der Waals surface area contributed by atoms with E-state index in [-0.39, 0.29) is 0 Å². The fraction of sp³-hybridized carbons (Fsp3) is 0.500. The largest absolute Gasteiger partial charge is 0.0992 e. The zero-order chi connectivity index (χ0) is 18.8. The first kappa shape index (κ1) is 21.6. The Morgan fingerprint density at radius 2 is 1.23 bits per heavy atom. The van der Waals surface area contributed by atoms with E-state index in [1.807, 2.05) is 0 Å². The summed E-state index contributed by atoms with van der Waals surface area (Å²) < 4.78 is 0. The Labute approximate surface area is 165 Å². The summed E-state index contributed by atoms with van der Waals surface area (Å²) in [5.41, 5.74) is 5.89. The van der Waals surface area contributed by atoms with Gasteiger partial charge in [-0.2, -0.15) is 0 Å². The first-order valence-electron chi connectivity index (χ1n) is 10.2. The van der Waals surface area contributed by atoms with Crippen molar-refractivity contribution in [3.63, 3.8) is 0 Å². The molecule has 0 heterocycles. The molecule has 2 atom stereocenters. The Bertz CT molecular complexity index is 603. The van der Waals surface area contributed by atoms with Gasteiger partial charge in [0.15, 0.2) is 0 Å². The van der Waals surface area contributed by atoms with Gasteiger partial charge in [0.2, 0.25) is 0 Å². The van der Waals surface area contributed by atoms with Crippen molar-refractivity contribution >= 4 is 16.5 Å². The van der Waals surface area contributed by atoms with Crippen LogP contribution in [0.5, 0.6) is 0 Å². The van der Waals surface area contributed by atoms with E-state index in [1.165, 1.54) is 76.8 Å². The van der Waals surface area contributed by atoms with Crippen molar-refractivity contribution in [1.82, 2.24) is 0 Å². The molecule has 0 fully saturated rings. The van der Waals surface area contributed by atoms with Gasteiger partial charge in [0.05, 0.1) is 0 Å². The van der Waals surface area contributed by atoms with Gasteiger partial charge in [0.1, 0.15) is 0 Å². The van der Waals surface area contributed by atoms with Crippen LogP contribution >= 0.6 is 16.5 Å². The Balaban J connectivity index is 1.90. The summed E-state index contributed by atoms with van der Waals surface area (Å²) in [6.07, 6.45) is 8.30. The predicted octanol–water partition coefficient (Wildman–Crippen LogP) is 7.92. The molecule has 0 saturated heterocycles. The summed E-state index contributed by atoms with van der Waals surface area (Å²) in [6, 6.07) is 17.9. The number of rotatable bonds is 11. The van der Waals surface area contributed by atoms with E-state index < -0.39 is 0 Å². The molecule has 2 aromatic rings. The smallest absolute Gasteiger partial charge is 0.00945 e. The first-order valence-corrected chi connectivity index (χ1v) is 13.6. The van der Waals surface area contributed by atoms with Crippen molar-refractivity contribution in [3.8, 4) is 0 Å². The maximum absolute atomic E-state index is 2.34. The van der Waals surface area contributed by atoms with Gasteiger partial charge in [-0.3, -0.25) is 0 Å². The second kappa shape index (κ2) is 11.9. The number of unbranched alkanes of at least 4 members (excludes halogenated alkanes) is 1. The maximum atomic E-state index is 2.34. The molecule has 2 rings (SSSR count). The Kier molecular flexibility index (Phi) is 9.88. The average molecular weight is 387 g/mol. The summed E-state index contributed by atoms with van der Waals surface area (Å²) >= 11 is 0. The molecule has 0 aliphatic rings. The molecule has 0 aromatic heterocycles. The van der Waals surface area contributed by atoms with Crippen molar-refractivity contribution in [2.45, 2.75) is 59.3 Å².